The third-order valence-electron chi connectivity index (χ3n) is 2.40. The predicted molar refractivity (Wildman–Crippen MR) is 80.0 cm³/mol. The SMILES string of the molecule is Cc1nc(S(=O)(=O)NC(=O)Cc2ccc(Br)cc2)cs1. The lowest BCUT2D eigenvalue weighted by Gasteiger charge is -2.04. The standard InChI is InChI=1S/C12H11BrN2O3S2/c1-8-14-12(7-19-8)20(17,18)15-11(16)6-9-2-4-10(13)5-3-9/h2-5,7H,6H2,1H3,(H,15,16). The van der Waals surface area contributed by atoms with Gasteiger partial charge in [0.1, 0.15) is 0 Å². The van der Waals surface area contributed by atoms with Crippen molar-refractivity contribution in [1.29, 1.82) is 0 Å². The number of carbonyl (C=O) groups excluding carboxylic acids is 1. The summed E-state index contributed by atoms with van der Waals surface area (Å²) >= 11 is 4.51. The summed E-state index contributed by atoms with van der Waals surface area (Å²) < 4.78 is 26.7. The molecule has 1 N–H and O–H groups in total. The van der Waals surface area contributed by atoms with E-state index in [1.807, 2.05) is 4.72 Å². The van der Waals surface area contributed by atoms with Crippen LogP contribution in [-0.2, 0) is 21.2 Å². The fourth-order valence-corrected chi connectivity index (χ4v) is 3.67. The van der Waals surface area contributed by atoms with Crippen molar-refractivity contribution in [3.05, 3.63) is 44.7 Å². The topological polar surface area (TPSA) is 76.1 Å². The summed E-state index contributed by atoms with van der Waals surface area (Å²) in [4.78, 5) is 15.6. The first kappa shape index (κ1) is 15.1. The summed E-state index contributed by atoms with van der Waals surface area (Å²) in [6.45, 7) is 1.70. The van der Waals surface area contributed by atoms with Crippen molar-refractivity contribution in [2.45, 2.75) is 18.4 Å². The predicted octanol–water partition coefficient (Wildman–Crippen LogP) is 2.26. The van der Waals surface area contributed by atoms with Gasteiger partial charge < -0.3 is 0 Å². The normalized spacial score (nSPS) is 11.3. The third kappa shape index (κ3) is 3.87. The molecule has 1 amide bonds. The minimum Gasteiger partial charge on any atom is -0.274 e. The molecule has 0 aliphatic carbocycles. The molecule has 0 atom stereocenters. The average molecular weight is 375 g/mol. The maximum Gasteiger partial charge on any atom is 0.282 e. The van der Waals surface area contributed by atoms with Gasteiger partial charge in [0.15, 0.2) is 5.03 Å². The van der Waals surface area contributed by atoms with Gasteiger partial charge in [-0.15, -0.1) is 11.3 Å². The minimum atomic E-state index is -3.88. The van der Waals surface area contributed by atoms with Gasteiger partial charge in [-0.1, -0.05) is 28.1 Å². The number of nitrogens with one attached hydrogen (secondary N) is 1. The van der Waals surface area contributed by atoms with Crippen LogP contribution in [0.15, 0.2) is 39.1 Å². The zero-order chi connectivity index (χ0) is 14.8. The van der Waals surface area contributed by atoms with Gasteiger partial charge in [-0.2, -0.15) is 8.42 Å². The zero-order valence-corrected chi connectivity index (χ0v) is 13.7. The second-order valence-electron chi connectivity index (χ2n) is 4.04. The largest absolute Gasteiger partial charge is 0.282 e. The van der Waals surface area contributed by atoms with Gasteiger partial charge in [0, 0.05) is 9.85 Å². The Bertz CT molecular complexity index is 723. The lowest BCUT2D eigenvalue weighted by Crippen LogP contribution is -2.32. The maximum atomic E-state index is 11.9. The Hall–Kier alpha value is -1.25. The molecular weight excluding hydrogens is 364 g/mol. The number of thiazole rings is 1. The Labute approximate surface area is 129 Å². The first-order valence-corrected chi connectivity index (χ1v) is 8.74. The van der Waals surface area contributed by atoms with Crippen molar-refractivity contribution in [2.24, 2.45) is 0 Å². The van der Waals surface area contributed by atoms with Crippen molar-refractivity contribution >= 4 is 43.2 Å². The Kier molecular flexibility index (Phi) is 4.56. The number of rotatable bonds is 4. The Balaban J connectivity index is 2.06. The fourth-order valence-electron chi connectivity index (χ4n) is 1.49. The van der Waals surface area contributed by atoms with E-state index in [4.69, 9.17) is 0 Å². The van der Waals surface area contributed by atoms with Crippen LogP contribution < -0.4 is 4.72 Å². The summed E-state index contributed by atoms with van der Waals surface area (Å²) in [5.74, 6) is -0.585. The van der Waals surface area contributed by atoms with Crippen LogP contribution in [0.4, 0.5) is 0 Å². The van der Waals surface area contributed by atoms with E-state index in [9.17, 15) is 13.2 Å². The van der Waals surface area contributed by atoms with Gasteiger partial charge in [0.2, 0.25) is 5.91 Å². The number of halogens is 1. The van der Waals surface area contributed by atoms with E-state index >= 15 is 0 Å². The third-order valence-corrected chi connectivity index (χ3v) is 5.11. The Morgan fingerprint density at radius 1 is 1.35 bits per heavy atom. The molecule has 8 heteroatoms. The van der Waals surface area contributed by atoms with E-state index in [0.717, 1.165) is 10.0 Å². The molecule has 0 saturated carbocycles. The van der Waals surface area contributed by atoms with E-state index in [1.54, 1.807) is 31.2 Å². The lowest BCUT2D eigenvalue weighted by atomic mass is 10.1. The summed E-state index contributed by atoms with van der Waals surface area (Å²) in [6, 6.07) is 7.09. The van der Waals surface area contributed by atoms with E-state index in [0.29, 0.717) is 5.01 Å². The summed E-state index contributed by atoms with van der Waals surface area (Å²) in [5.41, 5.74) is 0.732. The highest BCUT2D eigenvalue weighted by molar-refractivity contribution is 9.10. The fraction of sp³-hybridized carbons (Fsp3) is 0.167. The van der Waals surface area contributed by atoms with Gasteiger partial charge in [0.05, 0.1) is 11.4 Å². The van der Waals surface area contributed by atoms with Crippen molar-refractivity contribution in [1.82, 2.24) is 9.71 Å². The molecule has 0 saturated heterocycles. The van der Waals surface area contributed by atoms with Crippen LogP contribution >= 0.6 is 27.3 Å². The van der Waals surface area contributed by atoms with E-state index in [1.165, 1.54) is 16.7 Å². The molecule has 0 spiro atoms. The van der Waals surface area contributed by atoms with Crippen LogP contribution in [0.1, 0.15) is 10.6 Å². The zero-order valence-electron chi connectivity index (χ0n) is 10.5. The smallest absolute Gasteiger partial charge is 0.274 e. The molecule has 0 aliphatic heterocycles. The van der Waals surface area contributed by atoms with Crippen LogP contribution in [0.2, 0.25) is 0 Å². The molecule has 2 rings (SSSR count). The van der Waals surface area contributed by atoms with Crippen LogP contribution in [-0.4, -0.2) is 19.3 Å². The molecule has 1 aromatic carbocycles. The van der Waals surface area contributed by atoms with Gasteiger partial charge in [-0.05, 0) is 24.6 Å². The Morgan fingerprint density at radius 3 is 2.55 bits per heavy atom. The molecule has 0 radical (unpaired) electrons. The molecule has 106 valence electrons. The molecule has 2 aromatic rings. The maximum absolute atomic E-state index is 11.9. The number of benzene rings is 1. The monoisotopic (exact) mass is 374 g/mol. The number of hydrogen-bond donors (Lipinski definition) is 1. The molecule has 0 unspecified atom stereocenters. The number of aromatic nitrogens is 1. The molecule has 5 nitrogen and oxygen atoms in total. The van der Waals surface area contributed by atoms with E-state index < -0.39 is 15.9 Å². The van der Waals surface area contributed by atoms with Crippen LogP contribution in [0.25, 0.3) is 0 Å². The molecule has 0 aliphatic rings. The molecule has 1 aromatic heterocycles. The van der Waals surface area contributed by atoms with E-state index in [2.05, 4.69) is 20.9 Å². The number of aryl methyl sites for hydroxylation is 1. The number of nitrogens with zero attached hydrogens (tertiary/aromatic N) is 1. The van der Waals surface area contributed by atoms with Crippen molar-refractivity contribution in [3.63, 3.8) is 0 Å². The van der Waals surface area contributed by atoms with Gasteiger partial charge >= 0.3 is 0 Å². The van der Waals surface area contributed by atoms with Gasteiger partial charge in [-0.3, -0.25) is 4.79 Å². The highest BCUT2D eigenvalue weighted by atomic mass is 79.9. The number of carbonyl (C=O) groups is 1. The van der Waals surface area contributed by atoms with Crippen LogP contribution in [0.3, 0.4) is 0 Å². The highest BCUT2D eigenvalue weighted by Gasteiger charge is 2.20. The molecule has 0 bridgehead atoms. The second-order valence-corrected chi connectivity index (χ2v) is 7.64. The first-order chi connectivity index (χ1) is 9.37. The summed E-state index contributed by atoms with van der Waals surface area (Å²) in [5, 5.41) is 1.92. The van der Waals surface area contributed by atoms with E-state index in [-0.39, 0.29) is 11.4 Å². The van der Waals surface area contributed by atoms with Crippen molar-refractivity contribution in [2.75, 3.05) is 0 Å². The van der Waals surface area contributed by atoms with Crippen LogP contribution in [0.5, 0.6) is 0 Å². The summed E-state index contributed by atoms with van der Waals surface area (Å²) in [7, 11) is -3.88. The molecule has 20 heavy (non-hydrogen) atoms. The Morgan fingerprint density at radius 2 is 2.00 bits per heavy atom. The highest BCUT2D eigenvalue weighted by Crippen LogP contribution is 2.14. The van der Waals surface area contributed by atoms with Crippen LogP contribution in [0, 0.1) is 6.92 Å². The van der Waals surface area contributed by atoms with Crippen molar-refractivity contribution < 1.29 is 13.2 Å². The second kappa shape index (κ2) is 6.02. The number of hydrogen-bond acceptors (Lipinski definition) is 5. The van der Waals surface area contributed by atoms with Crippen molar-refractivity contribution in [3.8, 4) is 0 Å². The molecule has 1 heterocycles. The minimum absolute atomic E-state index is 0.00434. The number of sulfonamides is 1. The first-order valence-electron chi connectivity index (χ1n) is 5.59. The summed E-state index contributed by atoms with van der Waals surface area (Å²) in [6.07, 6.45) is -0.00434. The molecular formula is C12H11BrN2O3S2. The molecule has 0 fully saturated rings. The quantitative estimate of drug-likeness (QED) is 0.890. The lowest BCUT2D eigenvalue weighted by molar-refractivity contribution is -0.118. The van der Waals surface area contributed by atoms with Gasteiger partial charge in [-0.25, -0.2) is 9.71 Å². The average Bonchev–Trinajstić information content (AvgIpc) is 2.79. The van der Waals surface area contributed by atoms with Gasteiger partial charge in [0.25, 0.3) is 10.0 Å². The number of amides is 1.